The van der Waals surface area contributed by atoms with Gasteiger partial charge in [0.2, 0.25) is 0 Å². The van der Waals surface area contributed by atoms with Crippen molar-refractivity contribution in [2.75, 3.05) is 0 Å². The van der Waals surface area contributed by atoms with Gasteiger partial charge in [0.25, 0.3) is 0 Å². The first-order valence-electron chi connectivity index (χ1n) is 4.50. The van der Waals surface area contributed by atoms with Crippen LogP contribution in [0.2, 0.25) is 0 Å². The summed E-state index contributed by atoms with van der Waals surface area (Å²) >= 11 is 0. The third kappa shape index (κ3) is 1.95. The Hall–Kier alpha value is -1.16. The lowest BCUT2D eigenvalue weighted by atomic mass is 10.3. The molecule has 4 heteroatoms. The van der Waals surface area contributed by atoms with Crippen molar-refractivity contribution in [2.45, 2.75) is 25.5 Å². The second-order valence-electron chi connectivity index (χ2n) is 3.49. The van der Waals surface area contributed by atoms with Crippen LogP contribution in [-0.2, 0) is 6.54 Å². The van der Waals surface area contributed by atoms with E-state index in [0.717, 1.165) is 12.5 Å². The highest BCUT2D eigenvalue weighted by Crippen LogP contribution is 2.30. The molecule has 1 heterocycles. The highest BCUT2D eigenvalue weighted by Gasteiger charge is 2.22. The number of aliphatic hydroxyl groups is 1. The summed E-state index contributed by atoms with van der Waals surface area (Å²) < 4.78 is 1.79. The quantitative estimate of drug-likeness (QED) is 0.699. The molecule has 13 heavy (non-hydrogen) atoms. The molecular weight excluding hydrogens is 166 g/mol. The Balaban J connectivity index is 2.03. The van der Waals surface area contributed by atoms with Crippen LogP contribution in [0.1, 0.15) is 24.6 Å². The molecule has 0 spiro atoms. The summed E-state index contributed by atoms with van der Waals surface area (Å²) in [5, 5.41) is 17.1. The van der Waals surface area contributed by atoms with Crippen LogP contribution < -0.4 is 0 Å². The van der Waals surface area contributed by atoms with E-state index in [2.05, 4.69) is 16.9 Å². The molecule has 1 saturated carbocycles. The largest absolute Gasteiger partial charge is 0.383 e. The minimum Gasteiger partial charge on any atom is -0.383 e. The highest BCUT2D eigenvalue weighted by molar-refractivity contribution is 5.04. The van der Waals surface area contributed by atoms with Crippen molar-refractivity contribution in [1.82, 2.24) is 15.0 Å². The fraction of sp³-hybridized carbons (Fsp3) is 0.556. The van der Waals surface area contributed by atoms with Crippen LogP contribution in [0.25, 0.3) is 0 Å². The Bertz CT molecular complexity index is 304. The monoisotopic (exact) mass is 179 g/mol. The molecule has 0 amide bonds. The van der Waals surface area contributed by atoms with Crippen LogP contribution in [0.5, 0.6) is 0 Å². The Morgan fingerprint density at radius 3 is 3.15 bits per heavy atom. The third-order valence-corrected chi connectivity index (χ3v) is 2.22. The smallest absolute Gasteiger partial charge is 0.117 e. The molecule has 1 aliphatic rings. The van der Waals surface area contributed by atoms with Crippen molar-refractivity contribution in [3.8, 4) is 0 Å². The van der Waals surface area contributed by atoms with Gasteiger partial charge in [-0.25, -0.2) is 0 Å². The molecule has 0 saturated heterocycles. The molecule has 1 N–H and O–H groups in total. The van der Waals surface area contributed by atoms with Crippen molar-refractivity contribution >= 4 is 0 Å². The lowest BCUT2D eigenvalue weighted by Gasteiger charge is -1.97. The van der Waals surface area contributed by atoms with Gasteiger partial charge in [-0.05, 0) is 18.8 Å². The number of hydrogen-bond donors (Lipinski definition) is 1. The van der Waals surface area contributed by atoms with Gasteiger partial charge in [-0.1, -0.05) is 11.3 Å². The van der Waals surface area contributed by atoms with E-state index in [9.17, 15) is 5.11 Å². The molecule has 0 bridgehead atoms. The van der Waals surface area contributed by atoms with Gasteiger partial charge in [0.05, 0.1) is 6.20 Å². The van der Waals surface area contributed by atoms with Gasteiger partial charge >= 0.3 is 0 Å². The minimum absolute atomic E-state index is 0.579. The summed E-state index contributed by atoms with van der Waals surface area (Å²) in [6.45, 7) is 4.42. The molecule has 0 radical (unpaired) electrons. The predicted molar refractivity (Wildman–Crippen MR) is 47.9 cm³/mol. The van der Waals surface area contributed by atoms with Crippen LogP contribution in [0, 0.1) is 5.92 Å². The molecule has 0 aliphatic heterocycles. The van der Waals surface area contributed by atoms with Crippen LogP contribution in [0.4, 0.5) is 0 Å². The fourth-order valence-electron chi connectivity index (χ4n) is 1.22. The number of hydrogen-bond acceptors (Lipinski definition) is 3. The second kappa shape index (κ2) is 3.30. The standard InChI is InChI=1S/C9H13N3O/c1-2-9(13)8-6-12(11-10-8)5-7-3-4-7/h2,6-7,9,13H,1,3-5H2. The molecule has 2 rings (SSSR count). The topological polar surface area (TPSA) is 50.9 Å². The van der Waals surface area contributed by atoms with E-state index in [1.165, 1.54) is 18.9 Å². The first-order chi connectivity index (χ1) is 6.29. The molecule has 1 atom stereocenters. The highest BCUT2D eigenvalue weighted by atomic mass is 16.3. The van der Waals surface area contributed by atoms with E-state index in [0.29, 0.717) is 5.69 Å². The Kier molecular flexibility index (Phi) is 2.14. The zero-order valence-electron chi connectivity index (χ0n) is 7.43. The zero-order chi connectivity index (χ0) is 9.26. The Labute approximate surface area is 76.9 Å². The van der Waals surface area contributed by atoms with E-state index < -0.39 is 6.10 Å². The first kappa shape index (κ1) is 8.44. The SMILES string of the molecule is C=CC(O)c1cn(CC2CC2)nn1. The number of nitrogens with zero attached hydrogens (tertiary/aromatic N) is 3. The predicted octanol–water partition coefficient (Wildman–Crippen LogP) is 0.907. The summed E-state index contributed by atoms with van der Waals surface area (Å²) in [6.07, 6.45) is 5.13. The lowest BCUT2D eigenvalue weighted by Crippen LogP contribution is -1.99. The first-order valence-corrected chi connectivity index (χ1v) is 4.50. The van der Waals surface area contributed by atoms with E-state index in [4.69, 9.17) is 0 Å². The average Bonchev–Trinajstić information content (AvgIpc) is 2.81. The summed E-state index contributed by atoms with van der Waals surface area (Å²) in [4.78, 5) is 0. The van der Waals surface area contributed by atoms with E-state index in [-0.39, 0.29) is 0 Å². The maximum Gasteiger partial charge on any atom is 0.117 e. The molecule has 0 aromatic carbocycles. The van der Waals surface area contributed by atoms with Gasteiger partial charge in [-0.2, -0.15) is 0 Å². The van der Waals surface area contributed by atoms with Gasteiger partial charge in [0, 0.05) is 6.54 Å². The van der Waals surface area contributed by atoms with E-state index >= 15 is 0 Å². The van der Waals surface area contributed by atoms with Crippen LogP contribution >= 0.6 is 0 Å². The molecule has 70 valence electrons. The normalized spacial score (nSPS) is 18.5. The third-order valence-electron chi connectivity index (χ3n) is 2.22. The van der Waals surface area contributed by atoms with Gasteiger partial charge in [-0.3, -0.25) is 4.68 Å². The van der Waals surface area contributed by atoms with Crippen molar-refractivity contribution < 1.29 is 5.11 Å². The Morgan fingerprint density at radius 1 is 1.77 bits per heavy atom. The molecular formula is C9H13N3O. The maximum absolute atomic E-state index is 9.36. The van der Waals surface area contributed by atoms with Gasteiger partial charge in [0.15, 0.2) is 0 Å². The van der Waals surface area contributed by atoms with Crippen LogP contribution in [0.3, 0.4) is 0 Å². The van der Waals surface area contributed by atoms with Crippen LogP contribution in [0.15, 0.2) is 18.9 Å². The van der Waals surface area contributed by atoms with Gasteiger partial charge < -0.3 is 5.11 Å². The average molecular weight is 179 g/mol. The van der Waals surface area contributed by atoms with Gasteiger partial charge in [0.1, 0.15) is 11.8 Å². The number of rotatable bonds is 4. The summed E-state index contributed by atoms with van der Waals surface area (Å²) in [5.74, 6) is 0.774. The van der Waals surface area contributed by atoms with Gasteiger partial charge in [-0.15, -0.1) is 11.7 Å². The van der Waals surface area contributed by atoms with Crippen molar-refractivity contribution in [2.24, 2.45) is 5.92 Å². The van der Waals surface area contributed by atoms with Crippen LogP contribution in [-0.4, -0.2) is 20.1 Å². The molecule has 1 aromatic heterocycles. The summed E-state index contributed by atoms with van der Waals surface area (Å²) in [5.41, 5.74) is 0.579. The van der Waals surface area contributed by atoms with Crippen molar-refractivity contribution in [1.29, 1.82) is 0 Å². The van der Waals surface area contributed by atoms with E-state index in [1.807, 2.05) is 0 Å². The molecule has 4 nitrogen and oxygen atoms in total. The Morgan fingerprint density at radius 2 is 2.54 bits per heavy atom. The number of aliphatic hydroxyl groups excluding tert-OH is 1. The fourth-order valence-corrected chi connectivity index (χ4v) is 1.22. The molecule has 1 aromatic rings. The molecule has 1 unspecified atom stereocenters. The number of aromatic nitrogens is 3. The lowest BCUT2D eigenvalue weighted by molar-refractivity contribution is 0.224. The van der Waals surface area contributed by atoms with Crippen molar-refractivity contribution in [3.63, 3.8) is 0 Å². The maximum atomic E-state index is 9.36. The molecule has 1 aliphatic carbocycles. The summed E-state index contributed by atoms with van der Waals surface area (Å²) in [7, 11) is 0. The van der Waals surface area contributed by atoms with Crippen molar-refractivity contribution in [3.05, 3.63) is 24.5 Å². The molecule has 1 fully saturated rings. The zero-order valence-corrected chi connectivity index (χ0v) is 7.43. The second-order valence-corrected chi connectivity index (χ2v) is 3.49. The van der Waals surface area contributed by atoms with E-state index in [1.54, 1.807) is 10.9 Å². The summed E-state index contributed by atoms with van der Waals surface area (Å²) in [6, 6.07) is 0. The minimum atomic E-state index is -0.687.